The Morgan fingerprint density at radius 3 is 0.727 bits per heavy atom. The molecule has 5 heterocycles. The van der Waals surface area contributed by atoms with E-state index in [2.05, 4.69) is 0 Å². The summed E-state index contributed by atoms with van der Waals surface area (Å²) in [4.78, 5) is 57.3. The highest BCUT2D eigenvalue weighted by Gasteiger charge is 2.29. The second-order valence-corrected chi connectivity index (χ2v) is 10.9. The molecule has 208 valence electrons. The molecule has 0 fully saturated rings. The van der Waals surface area contributed by atoms with Gasteiger partial charge in [-0.25, -0.2) is 0 Å². The number of carbonyl (C=O) groups is 4. The van der Waals surface area contributed by atoms with Crippen LogP contribution in [-0.4, -0.2) is 41.9 Å². The Labute approximate surface area is 248 Å². The molecule has 44 heavy (non-hydrogen) atoms. The van der Waals surface area contributed by atoms with Gasteiger partial charge in [0.25, 0.3) is 23.6 Å². The van der Waals surface area contributed by atoms with Gasteiger partial charge < -0.3 is 0 Å². The lowest BCUT2D eigenvalue weighted by Gasteiger charge is -2.04. The lowest BCUT2D eigenvalue weighted by atomic mass is 10.1. The molecule has 0 aliphatic carbocycles. The number of aromatic nitrogens is 4. The van der Waals surface area contributed by atoms with E-state index < -0.39 is 0 Å². The number of fused-ring (bicyclic) bond motifs is 20. The van der Waals surface area contributed by atoms with Crippen molar-refractivity contribution in [3.05, 3.63) is 144 Å². The molecular weight excluding hydrogens is 552 g/mol. The van der Waals surface area contributed by atoms with E-state index in [-0.39, 0.29) is 23.6 Å². The van der Waals surface area contributed by atoms with Crippen LogP contribution < -0.4 is 0 Å². The van der Waals surface area contributed by atoms with Crippen molar-refractivity contribution in [2.24, 2.45) is 0 Å². The Kier molecular flexibility index (Phi) is 4.77. The molecule has 8 nitrogen and oxygen atoms in total. The summed E-state index contributed by atoms with van der Waals surface area (Å²) >= 11 is 0. The lowest BCUT2D eigenvalue weighted by molar-refractivity contribution is 0.0958. The van der Waals surface area contributed by atoms with Crippen LogP contribution in [-0.2, 0) is 0 Å². The highest BCUT2D eigenvalue weighted by molar-refractivity contribution is 6.21. The molecule has 0 amide bonds. The number of hydrogen-bond donors (Lipinski definition) is 0. The summed E-state index contributed by atoms with van der Waals surface area (Å²) in [6, 6.07) is 28.9. The fourth-order valence-corrected chi connectivity index (χ4v) is 6.59. The van der Waals surface area contributed by atoms with Crippen molar-refractivity contribution in [1.29, 1.82) is 0 Å². The standard InChI is InChI=1S/C36H20N4O4/c41-33-25-17-37(29-13-5-1-9-21(25)29)34(42)26-19-39(31-15-7-3-10-22(26)31)36(44)28-20-40(32-16-8-4-12-24(28)32)35(43)27-18-38(33)30-14-6-2-11-23(27)30/h1-20H. The monoisotopic (exact) mass is 572 g/mol. The molecule has 1 aliphatic heterocycles. The van der Waals surface area contributed by atoms with E-state index in [9.17, 15) is 19.2 Å². The van der Waals surface area contributed by atoms with Crippen molar-refractivity contribution in [3.8, 4) is 0 Å². The van der Waals surface area contributed by atoms with E-state index in [4.69, 9.17) is 0 Å². The third-order valence-electron chi connectivity index (χ3n) is 8.64. The minimum Gasteiger partial charge on any atom is -0.282 e. The van der Waals surface area contributed by atoms with Crippen molar-refractivity contribution >= 4 is 67.2 Å². The first-order valence-corrected chi connectivity index (χ1v) is 14.1. The van der Waals surface area contributed by atoms with Gasteiger partial charge >= 0.3 is 0 Å². The maximum Gasteiger partial charge on any atom is 0.264 e. The first-order chi connectivity index (χ1) is 21.5. The molecule has 0 saturated heterocycles. The van der Waals surface area contributed by atoms with Crippen LogP contribution in [0.4, 0.5) is 0 Å². The van der Waals surface area contributed by atoms with Gasteiger partial charge in [-0.2, -0.15) is 0 Å². The lowest BCUT2D eigenvalue weighted by Crippen LogP contribution is -2.15. The summed E-state index contributed by atoms with van der Waals surface area (Å²) in [6.45, 7) is 0. The highest BCUT2D eigenvalue weighted by Crippen LogP contribution is 2.32. The van der Waals surface area contributed by atoms with Gasteiger partial charge in [-0.3, -0.25) is 37.4 Å². The van der Waals surface area contributed by atoms with Crippen molar-refractivity contribution in [3.63, 3.8) is 0 Å². The molecule has 0 saturated carbocycles. The van der Waals surface area contributed by atoms with Crippen LogP contribution >= 0.6 is 0 Å². The average Bonchev–Trinajstić information content (AvgIpc) is 3.84. The number of carbonyl (C=O) groups excluding carboxylic acids is 4. The quantitative estimate of drug-likeness (QED) is 0.206. The van der Waals surface area contributed by atoms with Gasteiger partial charge in [0.15, 0.2) is 0 Å². The first kappa shape index (κ1) is 24.3. The van der Waals surface area contributed by atoms with Crippen LogP contribution in [0.1, 0.15) is 41.4 Å². The van der Waals surface area contributed by atoms with Crippen molar-refractivity contribution in [1.82, 2.24) is 18.3 Å². The Morgan fingerprint density at radius 2 is 0.500 bits per heavy atom. The number of rotatable bonds is 0. The van der Waals surface area contributed by atoms with Gasteiger partial charge in [0.1, 0.15) is 0 Å². The zero-order valence-corrected chi connectivity index (χ0v) is 23.0. The molecule has 8 aromatic rings. The largest absolute Gasteiger partial charge is 0.282 e. The van der Waals surface area contributed by atoms with Gasteiger partial charge in [0.2, 0.25) is 0 Å². The van der Waals surface area contributed by atoms with Crippen LogP contribution in [0.15, 0.2) is 122 Å². The first-order valence-electron chi connectivity index (χ1n) is 14.1. The number of nitrogens with zero attached hydrogens (tertiary/aromatic N) is 4. The Bertz CT molecular complexity index is 2070. The molecule has 0 spiro atoms. The molecule has 4 aromatic heterocycles. The topological polar surface area (TPSA) is 88.0 Å². The van der Waals surface area contributed by atoms with E-state index in [1.54, 1.807) is 73.3 Å². The van der Waals surface area contributed by atoms with E-state index in [1.165, 1.54) is 18.3 Å². The van der Waals surface area contributed by atoms with E-state index in [0.717, 1.165) is 0 Å². The van der Waals surface area contributed by atoms with Crippen LogP contribution in [0.3, 0.4) is 0 Å². The zero-order valence-electron chi connectivity index (χ0n) is 23.0. The Balaban J connectivity index is 1.43. The third-order valence-corrected chi connectivity index (χ3v) is 8.64. The molecule has 0 unspecified atom stereocenters. The summed E-state index contributed by atoms with van der Waals surface area (Å²) in [5.41, 5.74) is 3.49. The van der Waals surface area contributed by atoms with E-state index in [1.807, 2.05) is 48.5 Å². The maximum absolute atomic E-state index is 14.3. The van der Waals surface area contributed by atoms with Gasteiger partial charge in [-0.15, -0.1) is 0 Å². The van der Waals surface area contributed by atoms with Gasteiger partial charge in [0, 0.05) is 46.3 Å². The summed E-state index contributed by atoms with van der Waals surface area (Å²) in [5.74, 6) is -1.48. The number of benzene rings is 4. The zero-order chi connectivity index (χ0) is 29.7. The van der Waals surface area contributed by atoms with Crippen molar-refractivity contribution < 1.29 is 19.2 Å². The second kappa shape index (κ2) is 8.62. The fourth-order valence-electron chi connectivity index (χ4n) is 6.59. The Morgan fingerprint density at radius 1 is 0.295 bits per heavy atom. The molecule has 0 atom stereocenters. The third kappa shape index (κ3) is 3.11. The molecule has 8 bridgehead atoms. The summed E-state index contributed by atoms with van der Waals surface area (Å²) in [7, 11) is 0. The number of para-hydroxylation sites is 4. The normalized spacial score (nSPS) is 13.6. The molecule has 0 N–H and O–H groups in total. The van der Waals surface area contributed by atoms with Crippen molar-refractivity contribution in [2.75, 3.05) is 0 Å². The average molecular weight is 573 g/mol. The summed E-state index contributed by atoms with van der Waals surface area (Å²) < 4.78 is 5.87. The summed E-state index contributed by atoms with van der Waals surface area (Å²) in [6.07, 6.45) is 6.21. The Hall–Kier alpha value is -6.28. The number of hydrogen-bond acceptors (Lipinski definition) is 4. The van der Waals surface area contributed by atoms with Crippen LogP contribution in [0, 0.1) is 0 Å². The summed E-state index contributed by atoms with van der Waals surface area (Å²) in [5, 5.41) is 2.39. The maximum atomic E-state index is 14.3. The molecular formula is C36H20N4O4. The highest BCUT2D eigenvalue weighted by atomic mass is 16.2. The molecule has 1 aliphatic rings. The minimum atomic E-state index is -0.370. The smallest absolute Gasteiger partial charge is 0.264 e. The minimum absolute atomic E-state index is 0.314. The van der Waals surface area contributed by atoms with Crippen LogP contribution in [0.2, 0.25) is 0 Å². The van der Waals surface area contributed by atoms with Gasteiger partial charge in [-0.1, -0.05) is 72.8 Å². The molecule has 8 heteroatoms. The fraction of sp³-hybridized carbons (Fsp3) is 0. The van der Waals surface area contributed by atoms with Gasteiger partial charge in [-0.05, 0) is 24.3 Å². The van der Waals surface area contributed by atoms with Gasteiger partial charge in [0.05, 0.1) is 44.3 Å². The SMILES string of the molecule is O=C1c2cn(c3ccccc23)C(=O)c2cn(c3ccccc23)C(=O)c2cn(c3ccccc23)C(=O)c2cn1c1ccccc21. The second-order valence-electron chi connectivity index (χ2n) is 10.9. The molecule has 0 radical (unpaired) electrons. The van der Waals surface area contributed by atoms with Crippen LogP contribution in [0.5, 0.6) is 0 Å². The predicted octanol–water partition coefficient (Wildman–Crippen LogP) is 6.57. The van der Waals surface area contributed by atoms with Crippen molar-refractivity contribution in [2.45, 2.75) is 0 Å². The molecule has 9 rings (SSSR count). The van der Waals surface area contributed by atoms with E-state index >= 15 is 0 Å². The van der Waals surface area contributed by atoms with E-state index in [0.29, 0.717) is 65.9 Å². The predicted molar refractivity (Wildman–Crippen MR) is 167 cm³/mol. The molecule has 4 aromatic carbocycles. The van der Waals surface area contributed by atoms with Crippen LogP contribution in [0.25, 0.3) is 43.6 Å².